The normalized spacial score (nSPS) is 10.8. The summed E-state index contributed by atoms with van der Waals surface area (Å²) in [7, 11) is 0. The minimum absolute atomic E-state index is 0.0162. The first-order chi connectivity index (χ1) is 25.0. The lowest BCUT2D eigenvalue weighted by Crippen LogP contribution is -2.29. The average molecular weight is 729 g/mol. The monoisotopic (exact) mass is 728 g/mol. The van der Waals surface area contributed by atoms with Gasteiger partial charge in [-0.15, -0.1) is 0 Å². The number of esters is 5. The number of ether oxygens (including phenoxy) is 5. The second-order valence-corrected chi connectivity index (χ2v) is 13.1. The predicted octanol–water partition coefficient (Wildman–Crippen LogP) is 8.24. The molecule has 0 aliphatic carbocycles. The molecule has 11 heteroatoms. The van der Waals surface area contributed by atoms with Gasteiger partial charge in [-0.05, 0) is 95.0 Å². The third-order valence-electron chi connectivity index (χ3n) is 8.15. The van der Waals surface area contributed by atoms with Crippen molar-refractivity contribution in [1.82, 2.24) is 0 Å². The third-order valence-corrected chi connectivity index (χ3v) is 8.15. The number of carbonyl (C=O) groups excluding carboxylic acids is 6. The Kier molecular flexibility index (Phi) is 16.6. The largest absolute Gasteiger partial charge is 0.462 e. The van der Waals surface area contributed by atoms with Gasteiger partial charge in [-0.25, -0.2) is 9.59 Å². The van der Waals surface area contributed by atoms with Crippen LogP contribution in [-0.2, 0) is 28.7 Å². The summed E-state index contributed by atoms with van der Waals surface area (Å²) < 4.78 is 26.3. The minimum Gasteiger partial charge on any atom is -0.462 e. The van der Waals surface area contributed by atoms with Gasteiger partial charge in [0.2, 0.25) is 0 Å². The topological polar surface area (TPSA) is 149 Å². The fourth-order valence-electron chi connectivity index (χ4n) is 3.93. The Labute approximate surface area is 310 Å². The van der Waals surface area contributed by atoms with Crippen LogP contribution in [0.25, 0.3) is 12.2 Å². The van der Waals surface area contributed by atoms with Crippen molar-refractivity contribution >= 4 is 47.8 Å². The second kappa shape index (κ2) is 20.3. The second-order valence-electron chi connectivity index (χ2n) is 13.1. The van der Waals surface area contributed by atoms with Gasteiger partial charge in [0, 0.05) is 0 Å². The van der Waals surface area contributed by atoms with Gasteiger partial charge >= 0.3 is 29.8 Å². The van der Waals surface area contributed by atoms with Crippen LogP contribution < -0.4 is 14.2 Å². The van der Waals surface area contributed by atoms with Crippen LogP contribution >= 0.6 is 0 Å². The van der Waals surface area contributed by atoms with E-state index in [-0.39, 0.29) is 59.8 Å². The first kappa shape index (κ1) is 43.3. The van der Waals surface area contributed by atoms with Gasteiger partial charge in [-0.1, -0.05) is 69.5 Å². The average Bonchev–Trinajstić information content (AvgIpc) is 3.13. The van der Waals surface area contributed by atoms with Gasteiger partial charge in [-0.2, -0.15) is 0 Å². The zero-order valence-electron chi connectivity index (χ0n) is 31.4. The van der Waals surface area contributed by atoms with Gasteiger partial charge in [0.15, 0.2) is 0 Å². The van der Waals surface area contributed by atoms with Crippen molar-refractivity contribution in [2.24, 2.45) is 10.8 Å². The number of benzene rings is 3. The molecule has 0 aliphatic heterocycles. The molecule has 0 saturated heterocycles. The molecule has 282 valence electrons. The summed E-state index contributed by atoms with van der Waals surface area (Å²) >= 11 is 0. The Bertz CT molecular complexity index is 1780. The summed E-state index contributed by atoms with van der Waals surface area (Å²) in [4.78, 5) is 72.3. The Morgan fingerprint density at radius 3 is 1.57 bits per heavy atom. The molecule has 0 spiro atoms. The van der Waals surface area contributed by atoms with Crippen molar-refractivity contribution < 1.29 is 52.5 Å². The number of Topliss-reactive ketones (excluding diaryl/α,β-unsaturated/α-hetero) is 1. The summed E-state index contributed by atoms with van der Waals surface area (Å²) in [5, 5.41) is 0. The molecule has 0 saturated carbocycles. The van der Waals surface area contributed by atoms with Crippen LogP contribution in [0.1, 0.15) is 99.6 Å². The smallest absolute Gasteiger partial charge is 0.348 e. The lowest BCUT2D eigenvalue weighted by molar-refractivity contribution is -0.159. The summed E-state index contributed by atoms with van der Waals surface area (Å²) in [6, 6.07) is 17.7. The molecule has 0 atom stereocenters. The Morgan fingerprint density at radius 2 is 1.09 bits per heavy atom. The van der Waals surface area contributed by atoms with Gasteiger partial charge in [0.1, 0.15) is 48.2 Å². The fourth-order valence-corrected chi connectivity index (χ4v) is 3.93. The highest BCUT2D eigenvalue weighted by molar-refractivity contribution is 6.07. The van der Waals surface area contributed by atoms with Crippen LogP contribution in [0.15, 0.2) is 79.9 Å². The number of ketones is 1. The molecule has 0 aliphatic rings. The highest BCUT2D eigenvalue weighted by Gasteiger charge is 2.32. The van der Waals surface area contributed by atoms with Gasteiger partial charge in [-0.3, -0.25) is 19.2 Å². The van der Waals surface area contributed by atoms with Crippen LogP contribution in [0.4, 0.5) is 0 Å². The standard InChI is InChI=1S/C30H28O6.C12H20O5/c1-6-20-12-16-22(17-13-20)34-27(31)24-10-9-11-25(36-29(33)30(4,5)8-3)26(24)28(32)35-23-18-14-21(7-2)15-19-23;1-5-12(3,4)11(15)17-7-6-16-10(14)8-9(2)13/h6-7,9-19H,1-2,8H2,3-5H3;5-8H2,1-4H3. The van der Waals surface area contributed by atoms with E-state index in [1.54, 1.807) is 88.4 Å². The van der Waals surface area contributed by atoms with Crippen molar-refractivity contribution in [1.29, 1.82) is 0 Å². The van der Waals surface area contributed by atoms with Gasteiger partial charge in [0.05, 0.1) is 16.4 Å². The zero-order chi connectivity index (χ0) is 39.8. The minimum atomic E-state index is -0.868. The van der Waals surface area contributed by atoms with Crippen molar-refractivity contribution in [2.75, 3.05) is 13.2 Å². The quantitative estimate of drug-likeness (QED) is 0.0608. The molecule has 3 aromatic rings. The first-order valence-corrected chi connectivity index (χ1v) is 17.0. The van der Waals surface area contributed by atoms with E-state index in [0.717, 1.165) is 11.1 Å². The Balaban J connectivity index is 0.000000482. The first-order valence-electron chi connectivity index (χ1n) is 17.0. The molecule has 11 nitrogen and oxygen atoms in total. The van der Waals surface area contributed by atoms with Crippen molar-refractivity contribution in [3.63, 3.8) is 0 Å². The Hall–Kier alpha value is -5.84. The maximum atomic E-state index is 13.3. The van der Waals surface area contributed by atoms with E-state index < -0.39 is 34.7 Å². The summed E-state index contributed by atoms with van der Waals surface area (Å²) in [5.41, 5.74) is 0.0640. The molecule has 0 amide bonds. The SMILES string of the molecule is C=Cc1ccc(OC(=O)c2cccc(OC(=O)C(C)(C)CC)c2C(=O)Oc2ccc(C=C)cc2)cc1.CCC(C)(C)C(=O)OCCOC(=O)CC(C)=O. The summed E-state index contributed by atoms with van der Waals surface area (Å²) in [6.07, 6.45) is 4.27. The maximum Gasteiger partial charge on any atom is 0.348 e. The molecule has 3 rings (SSSR count). The molecule has 53 heavy (non-hydrogen) atoms. The molecule has 0 heterocycles. The number of carbonyl (C=O) groups is 6. The van der Waals surface area contributed by atoms with E-state index in [9.17, 15) is 28.8 Å². The molecule has 0 bridgehead atoms. The summed E-state index contributed by atoms with van der Waals surface area (Å²) in [6.45, 7) is 19.5. The summed E-state index contributed by atoms with van der Waals surface area (Å²) in [5.74, 6) is -2.94. The third kappa shape index (κ3) is 13.7. The van der Waals surface area contributed by atoms with Crippen molar-refractivity contribution in [3.05, 3.63) is 102 Å². The molecule has 0 N–H and O–H groups in total. The molecule has 0 aromatic heterocycles. The molecule has 0 unspecified atom stereocenters. The van der Waals surface area contributed by atoms with Crippen LogP contribution in [0.2, 0.25) is 0 Å². The van der Waals surface area contributed by atoms with Gasteiger partial charge in [0.25, 0.3) is 0 Å². The molecular formula is C42H48O11. The lowest BCUT2D eigenvalue weighted by Gasteiger charge is -2.21. The number of rotatable bonds is 16. The number of hydrogen-bond donors (Lipinski definition) is 0. The fraction of sp³-hybridized carbons (Fsp3) is 0.333. The highest BCUT2D eigenvalue weighted by atomic mass is 16.6. The van der Waals surface area contributed by atoms with Crippen molar-refractivity contribution in [2.45, 2.75) is 67.7 Å². The molecule has 0 radical (unpaired) electrons. The van der Waals surface area contributed by atoms with Crippen molar-refractivity contribution in [3.8, 4) is 17.2 Å². The van der Waals surface area contributed by atoms with Crippen LogP contribution in [0, 0.1) is 10.8 Å². The molecule has 0 fully saturated rings. The van der Waals surface area contributed by atoms with Gasteiger partial charge < -0.3 is 23.7 Å². The van der Waals surface area contributed by atoms with E-state index in [1.807, 2.05) is 13.8 Å². The van der Waals surface area contributed by atoms with Crippen LogP contribution in [0.3, 0.4) is 0 Å². The predicted molar refractivity (Wildman–Crippen MR) is 200 cm³/mol. The van der Waals surface area contributed by atoms with E-state index in [1.165, 1.54) is 25.1 Å². The maximum absolute atomic E-state index is 13.3. The molecular weight excluding hydrogens is 680 g/mol. The Morgan fingerprint density at radius 1 is 0.623 bits per heavy atom. The lowest BCUT2D eigenvalue weighted by atomic mass is 9.90. The van der Waals surface area contributed by atoms with E-state index in [0.29, 0.717) is 12.8 Å². The van der Waals surface area contributed by atoms with E-state index in [4.69, 9.17) is 23.7 Å². The highest BCUT2D eigenvalue weighted by Crippen LogP contribution is 2.30. The zero-order valence-corrected chi connectivity index (χ0v) is 31.4. The molecule has 3 aromatic carbocycles. The van der Waals surface area contributed by atoms with E-state index in [2.05, 4.69) is 13.2 Å². The van der Waals surface area contributed by atoms with Crippen LogP contribution in [0.5, 0.6) is 17.2 Å². The number of hydrogen-bond acceptors (Lipinski definition) is 11. The van der Waals surface area contributed by atoms with Crippen LogP contribution in [-0.4, -0.2) is 48.8 Å². The van der Waals surface area contributed by atoms with E-state index >= 15 is 0 Å².